The van der Waals surface area contributed by atoms with Crippen molar-refractivity contribution in [3.8, 4) is 5.75 Å². The third-order valence-corrected chi connectivity index (χ3v) is 3.84. The molecule has 1 aromatic carbocycles. The molecule has 1 heterocycles. The highest BCUT2D eigenvalue weighted by Gasteiger charge is 2.27. The molecule has 0 saturated carbocycles. The van der Waals surface area contributed by atoms with Crippen LogP contribution in [0.2, 0.25) is 0 Å². The van der Waals surface area contributed by atoms with Gasteiger partial charge < -0.3 is 19.7 Å². The smallest absolute Gasteiger partial charge is 0.407 e. The molecule has 6 nitrogen and oxygen atoms in total. The van der Waals surface area contributed by atoms with Gasteiger partial charge in [-0.15, -0.1) is 0 Å². The Morgan fingerprint density at radius 1 is 1.17 bits per heavy atom. The summed E-state index contributed by atoms with van der Waals surface area (Å²) in [4.78, 5) is 26.2. The standard InChI is InChI=1S/C18H26N2O4/c1-18(2,3)24-17(22)19-13-9-11-20(12-10-13)16(21)14-7-5-6-8-15(14)23-4/h5-8,13H,9-12H2,1-4H3,(H,19,22). The first-order valence-electron chi connectivity index (χ1n) is 8.22. The summed E-state index contributed by atoms with van der Waals surface area (Å²) in [6.07, 6.45) is 1.01. The van der Waals surface area contributed by atoms with Crippen molar-refractivity contribution < 1.29 is 19.1 Å². The first kappa shape index (κ1) is 18.1. The first-order chi connectivity index (χ1) is 11.3. The van der Waals surface area contributed by atoms with Crippen molar-refractivity contribution in [2.45, 2.75) is 45.3 Å². The first-order valence-corrected chi connectivity index (χ1v) is 8.22. The van der Waals surface area contributed by atoms with E-state index in [0.717, 1.165) is 0 Å². The molecule has 0 bridgehead atoms. The average molecular weight is 334 g/mol. The van der Waals surface area contributed by atoms with Crippen LogP contribution in [0, 0.1) is 0 Å². The topological polar surface area (TPSA) is 67.9 Å². The van der Waals surface area contributed by atoms with Crippen molar-refractivity contribution in [2.75, 3.05) is 20.2 Å². The van der Waals surface area contributed by atoms with E-state index in [-0.39, 0.29) is 11.9 Å². The summed E-state index contributed by atoms with van der Waals surface area (Å²) in [5.74, 6) is 0.541. The number of nitrogens with zero attached hydrogens (tertiary/aromatic N) is 1. The van der Waals surface area contributed by atoms with E-state index in [1.54, 1.807) is 24.1 Å². The van der Waals surface area contributed by atoms with Gasteiger partial charge in [0.2, 0.25) is 0 Å². The second kappa shape index (κ2) is 7.55. The fraction of sp³-hybridized carbons (Fsp3) is 0.556. The largest absolute Gasteiger partial charge is 0.496 e. The van der Waals surface area contributed by atoms with Crippen LogP contribution in [0.1, 0.15) is 44.0 Å². The van der Waals surface area contributed by atoms with E-state index in [1.807, 2.05) is 32.9 Å². The summed E-state index contributed by atoms with van der Waals surface area (Å²) in [6.45, 7) is 6.69. The van der Waals surface area contributed by atoms with Gasteiger partial charge in [0, 0.05) is 19.1 Å². The molecular formula is C18H26N2O4. The lowest BCUT2D eigenvalue weighted by molar-refractivity contribution is 0.0473. The van der Waals surface area contributed by atoms with Crippen LogP contribution in [0.15, 0.2) is 24.3 Å². The van der Waals surface area contributed by atoms with E-state index in [4.69, 9.17) is 9.47 Å². The molecule has 0 aliphatic carbocycles. The zero-order valence-electron chi connectivity index (χ0n) is 14.8. The number of carbonyl (C=O) groups is 2. The highest BCUT2D eigenvalue weighted by molar-refractivity contribution is 5.97. The van der Waals surface area contributed by atoms with E-state index in [2.05, 4.69) is 5.32 Å². The van der Waals surface area contributed by atoms with Gasteiger partial charge >= 0.3 is 6.09 Å². The van der Waals surface area contributed by atoms with Crippen LogP contribution in [0.3, 0.4) is 0 Å². The number of piperidine rings is 1. The van der Waals surface area contributed by atoms with E-state index >= 15 is 0 Å². The number of methoxy groups -OCH3 is 1. The number of alkyl carbamates (subject to hydrolysis) is 1. The summed E-state index contributed by atoms with van der Waals surface area (Å²) in [7, 11) is 1.56. The maximum Gasteiger partial charge on any atom is 0.407 e. The molecule has 0 radical (unpaired) electrons. The molecule has 1 aliphatic heterocycles. The van der Waals surface area contributed by atoms with Crippen molar-refractivity contribution >= 4 is 12.0 Å². The quantitative estimate of drug-likeness (QED) is 0.923. The number of rotatable bonds is 3. The van der Waals surface area contributed by atoms with Crippen molar-refractivity contribution in [1.29, 1.82) is 0 Å². The van der Waals surface area contributed by atoms with Crippen molar-refractivity contribution in [3.63, 3.8) is 0 Å². The van der Waals surface area contributed by atoms with Crippen LogP contribution in [-0.4, -0.2) is 48.7 Å². The Balaban J connectivity index is 1.88. The molecule has 2 rings (SSSR count). The molecule has 1 N–H and O–H groups in total. The van der Waals surface area contributed by atoms with Gasteiger partial charge in [-0.2, -0.15) is 0 Å². The summed E-state index contributed by atoms with van der Waals surface area (Å²) in [6, 6.07) is 7.25. The summed E-state index contributed by atoms with van der Waals surface area (Å²) in [5.41, 5.74) is 0.0588. The zero-order valence-corrected chi connectivity index (χ0v) is 14.8. The number of likely N-dealkylation sites (tertiary alicyclic amines) is 1. The predicted molar refractivity (Wildman–Crippen MR) is 91.3 cm³/mol. The maximum atomic E-state index is 12.6. The van der Waals surface area contributed by atoms with Crippen LogP contribution >= 0.6 is 0 Å². The van der Waals surface area contributed by atoms with E-state index in [9.17, 15) is 9.59 Å². The third-order valence-electron chi connectivity index (χ3n) is 3.84. The van der Waals surface area contributed by atoms with Gasteiger partial charge in [0.15, 0.2) is 0 Å². The Morgan fingerprint density at radius 2 is 1.79 bits per heavy atom. The number of carbonyl (C=O) groups excluding carboxylic acids is 2. The van der Waals surface area contributed by atoms with Gasteiger partial charge in [-0.05, 0) is 45.7 Å². The molecule has 132 valence electrons. The Bertz CT molecular complexity index is 587. The van der Waals surface area contributed by atoms with Crippen LogP contribution in [0.4, 0.5) is 4.79 Å². The average Bonchev–Trinajstić information content (AvgIpc) is 2.53. The number of hydrogen-bond donors (Lipinski definition) is 1. The van der Waals surface area contributed by atoms with E-state index < -0.39 is 11.7 Å². The fourth-order valence-corrected chi connectivity index (χ4v) is 2.69. The van der Waals surface area contributed by atoms with Crippen LogP contribution in [-0.2, 0) is 4.74 Å². The molecule has 1 saturated heterocycles. The van der Waals surface area contributed by atoms with Gasteiger partial charge in [-0.25, -0.2) is 4.79 Å². The SMILES string of the molecule is COc1ccccc1C(=O)N1CCC(NC(=O)OC(C)(C)C)CC1. The van der Waals surface area contributed by atoms with Crippen molar-refractivity contribution in [3.05, 3.63) is 29.8 Å². The van der Waals surface area contributed by atoms with Crippen LogP contribution in [0.25, 0.3) is 0 Å². The lowest BCUT2D eigenvalue weighted by atomic mass is 10.0. The lowest BCUT2D eigenvalue weighted by Gasteiger charge is -2.33. The highest BCUT2D eigenvalue weighted by Crippen LogP contribution is 2.21. The second-order valence-corrected chi connectivity index (χ2v) is 6.91. The monoisotopic (exact) mass is 334 g/mol. The van der Waals surface area contributed by atoms with Gasteiger partial charge in [0.25, 0.3) is 5.91 Å². The molecule has 1 aliphatic rings. The molecular weight excluding hydrogens is 308 g/mol. The Hall–Kier alpha value is -2.24. The number of hydrogen-bond acceptors (Lipinski definition) is 4. The lowest BCUT2D eigenvalue weighted by Crippen LogP contribution is -2.47. The minimum Gasteiger partial charge on any atom is -0.496 e. The molecule has 2 amide bonds. The fourth-order valence-electron chi connectivity index (χ4n) is 2.69. The summed E-state index contributed by atoms with van der Waals surface area (Å²) >= 11 is 0. The minimum absolute atomic E-state index is 0.0292. The molecule has 1 fully saturated rings. The van der Waals surface area contributed by atoms with E-state index in [1.165, 1.54) is 0 Å². The van der Waals surface area contributed by atoms with Gasteiger partial charge in [-0.1, -0.05) is 12.1 Å². The molecule has 1 aromatic rings. The summed E-state index contributed by atoms with van der Waals surface area (Å²) in [5, 5.41) is 2.87. The van der Waals surface area contributed by atoms with Crippen molar-refractivity contribution in [2.24, 2.45) is 0 Å². The highest BCUT2D eigenvalue weighted by atomic mass is 16.6. The van der Waals surface area contributed by atoms with Gasteiger partial charge in [-0.3, -0.25) is 4.79 Å². The van der Waals surface area contributed by atoms with Crippen LogP contribution < -0.4 is 10.1 Å². The minimum atomic E-state index is -0.509. The Morgan fingerprint density at radius 3 is 2.38 bits per heavy atom. The predicted octanol–water partition coefficient (Wildman–Crippen LogP) is 2.82. The van der Waals surface area contributed by atoms with Crippen LogP contribution in [0.5, 0.6) is 5.75 Å². The molecule has 0 unspecified atom stereocenters. The number of nitrogens with one attached hydrogen (secondary N) is 1. The molecule has 6 heteroatoms. The second-order valence-electron chi connectivity index (χ2n) is 6.91. The molecule has 0 atom stereocenters. The molecule has 24 heavy (non-hydrogen) atoms. The normalized spacial score (nSPS) is 15.8. The number of para-hydroxylation sites is 1. The number of amides is 2. The van der Waals surface area contributed by atoms with E-state index in [0.29, 0.717) is 37.2 Å². The van der Waals surface area contributed by atoms with Gasteiger partial charge in [0.05, 0.1) is 12.7 Å². The molecule has 0 spiro atoms. The van der Waals surface area contributed by atoms with Crippen molar-refractivity contribution in [1.82, 2.24) is 10.2 Å². The molecule has 0 aromatic heterocycles. The third kappa shape index (κ3) is 4.88. The zero-order chi connectivity index (χ0) is 17.7. The Labute approximate surface area is 143 Å². The maximum absolute atomic E-state index is 12.6. The van der Waals surface area contributed by atoms with Gasteiger partial charge in [0.1, 0.15) is 11.4 Å². The number of ether oxygens (including phenoxy) is 2. The summed E-state index contributed by atoms with van der Waals surface area (Å²) < 4.78 is 10.5. The Kier molecular flexibility index (Phi) is 5.70. The number of benzene rings is 1.